The Morgan fingerprint density at radius 2 is 1.62 bits per heavy atom. The molecule has 0 bridgehead atoms. The zero-order valence-electron chi connectivity index (χ0n) is 23.1. The molecule has 0 amide bonds. The predicted octanol–water partition coefficient (Wildman–Crippen LogP) is 5.65. The maximum Gasteiger partial charge on any atom is 0.329 e. The van der Waals surface area contributed by atoms with Crippen LogP contribution in [-0.4, -0.2) is 50.7 Å². The summed E-state index contributed by atoms with van der Waals surface area (Å²) in [6, 6.07) is 18.5. The molecule has 0 saturated heterocycles. The molecule has 206 valence electrons. The first kappa shape index (κ1) is 27.0. The van der Waals surface area contributed by atoms with Gasteiger partial charge in [0.1, 0.15) is 17.0 Å². The van der Waals surface area contributed by atoms with Gasteiger partial charge in [-0.3, -0.25) is 0 Å². The maximum atomic E-state index is 12.3. The van der Waals surface area contributed by atoms with Gasteiger partial charge in [0.05, 0.1) is 26.9 Å². The highest BCUT2D eigenvalue weighted by Gasteiger charge is 2.50. The molecule has 0 radical (unpaired) electrons. The molecule has 3 aromatic carbocycles. The minimum atomic E-state index is -0.994. The van der Waals surface area contributed by atoms with Crippen LogP contribution in [0.5, 0.6) is 11.5 Å². The van der Waals surface area contributed by atoms with Crippen molar-refractivity contribution in [3.8, 4) is 22.6 Å². The summed E-state index contributed by atoms with van der Waals surface area (Å²) in [4.78, 5) is 12.3. The number of nitrogens with one attached hydrogen (secondary N) is 1. The van der Waals surface area contributed by atoms with Crippen molar-refractivity contribution in [3.63, 3.8) is 0 Å². The number of benzene rings is 3. The molecule has 0 aliphatic heterocycles. The Morgan fingerprint density at radius 3 is 2.18 bits per heavy atom. The highest BCUT2D eigenvalue weighted by molar-refractivity contribution is 5.85. The second-order valence-electron chi connectivity index (χ2n) is 10.7. The summed E-state index contributed by atoms with van der Waals surface area (Å²) in [6.07, 6.45) is 2.92. The number of methoxy groups -OCH3 is 3. The summed E-state index contributed by atoms with van der Waals surface area (Å²) in [5, 5.41) is 13.4. The number of aliphatic carboxylic acids is 1. The van der Waals surface area contributed by atoms with E-state index in [4.69, 9.17) is 18.9 Å². The molecular weight excluding hydrogens is 494 g/mol. The molecule has 2 aliphatic carbocycles. The maximum absolute atomic E-state index is 12.3. The average Bonchev–Trinajstić information content (AvgIpc) is 3.34. The molecule has 2 aliphatic rings. The quantitative estimate of drug-likeness (QED) is 0.330. The van der Waals surface area contributed by atoms with Crippen molar-refractivity contribution in [1.82, 2.24) is 0 Å². The average molecular weight is 532 g/mol. The number of carboxylic acid groups (broad SMARTS) is 1. The molecule has 0 spiro atoms. The van der Waals surface area contributed by atoms with E-state index in [9.17, 15) is 9.90 Å². The fourth-order valence-corrected chi connectivity index (χ4v) is 6.04. The molecule has 0 unspecified atom stereocenters. The zero-order valence-corrected chi connectivity index (χ0v) is 23.1. The van der Waals surface area contributed by atoms with E-state index in [0.717, 1.165) is 52.3 Å². The lowest BCUT2D eigenvalue weighted by Crippen LogP contribution is -2.57. The molecule has 0 aromatic heterocycles. The topological polar surface area (TPSA) is 86.3 Å². The molecule has 1 saturated carbocycles. The van der Waals surface area contributed by atoms with Crippen LogP contribution in [-0.2, 0) is 33.7 Å². The van der Waals surface area contributed by atoms with Crippen molar-refractivity contribution in [1.29, 1.82) is 0 Å². The molecule has 2 N–H and O–H groups in total. The van der Waals surface area contributed by atoms with E-state index in [1.54, 1.807) is 21.3 Å². The van der Waals surface area contributed by atoms with Gasteiger partial charge in [-0.15, -0.1) is 0 Å². The number of carboxylic acids is 1. The minimum absolute atomic E-state index is 0.0979. The van der Waals surface area contributed by atoms with Crippen LogP contribution in [0.15, 0.2) is 54.6 Å². The van der Waals surface area contributed by atoms with Crippen molar-refractivity contribution in [2.45, 2.75) is 50.9 Å². The molecule has 5 rings (SSSR count). The van der Waals surface area contributed by atoms with E-state index < -0.39 is 11.5 Å². The largest absolute Gasteiger partial charge is 0.496 e. The molecule has 39 heavy (non-hydrogen) atoms. The van der Waals surface area contributed by atoms with Crippen LogP contribution < -0.4 is 14.8 Å². The molecule has 7 heteroatoms. The lowest BCUT2D eigenvalue weighted by molar-refractivity contribution is -0.148. The van der Waals surface area contributed by atoms with Gasteiger partial charge in [-0.1, -0.05) is 30.3 Å². The molecule has 7 nitrogen and oxygen atoms in total. The van der Waals surface area contributed by atoms with Gasteiger partial charge in [0.2, 0.25) is 0 Å². The van der Waals surface area contributed by atoms with E-state index in [2.05, 4.69) is 29.6 Å². The van der Waals surface area contributed by atoms with Crippen LogP contribution in [0.1, 0.15) is 35.1 Å². The van der Waals surface area contributed by atoms with Gasteiger partial charge in [0.15, 0.2) is 0 Å². The van der Waals surface area contributed by atoms with Gasteiger partial charge < -0.3 is 29.4 Å². The Morgan fingerprint density at radius 1 is 0.974 bits per heavy atom. The Hall–Kier alpha value is -3.55. The first-order valence-corrected chi connectivity index (χ1v) is 13.4. The van der Waals surface area contributed by atoms with E-state index in [0.29, 0.717) is 26.1 Å². The lowest BCUT2D eigenvalue weighted by Gasteiger charge is -2.45. The van der Waals surface area contributed by atoms with E-state index in [1.165, 1.54) is 11.1 Å². The van der Waals surface area contributed by atoms with E-state index in [-0.39, 0.29) is 12.0 Å². The monoisotopic (exact) mass is 531 g/mol. The third kappa shape index (κ3) is 5.47. The van der Waals surface area contributed by atoms with Crippen molar-refractivity contribution in [3.05, 3.63) is 76.9 Å². The van der Waals surface area contributed by atoms with Gasteiger partial charge in [-0.2, -0.15) is 0 Å². The first-order chi connectivity index (χ1) is 18.9. The summed E-state index contributed by atoms with van der Waals surface area (Å²) < 4.78 is 23.0. The summed E-state index contributed by atoms with van der Waals surface area (Å²) in [6.45, 7) is 2.93. The van der Waals surface area contributed by atoms with Crippen LogP contribution in [0.25, 0.3) is 11.1 Å². The Labute approximate surface area is 230 Å². The number of carbonyl (C=O) groups is 1. The zero-order chi connectivity index (χ0) is 27.6. The lowest BCUT2D eigenvalue weighted by atomic mass is 9.68. The van der Waals surface area contributed by atoms with E-state index >= 15 is 0 Å². The van der Waals surface area contributed by atoms with Crippen LogP contribution in [0.4, 0.5) is 5.69 Å². The summed E-state index contributed by atoms with van der Waals surface area (Å²) in [7, 11) is 4.96. The number of ether oxygens (including phenoxy) is 4. The Balaban J connectivity index is 1.45. The highest BCUT2D eigenvalue weighted by atomic mass is 16.5. The smallest absolute Gasteiger partial charge is 0.329 e. The van der Waals surface area contributed by atoms with Gasteiger partial charge >= 0.3 is 5.97 Å². The van der Waals surface area contributed by atoms with E-state index in [1.807, 2.05) is 37.3 Å². The number of hydrogen-bond donors (Lipinski definition) is 2. The number of fused-ring (bicyclic) bond motifs is 1. The molecular formula is C32H37NO6. The highest BCUT2D eigenvalue weighted by Crippen LogP contribution is 2.42. The van der Waals surface area contributed by atoms with Gasteiger partial charge in [-0.25, -0.2) is 4.79 Å². The minimum Gasteiger partial charge on any atom is -0.496 e. The number of anilines is 1. The van der Waals surface area contributed by atoms with Crippen LogP contribution in [0.3, 0.4) is 0 Å². The summed E-state index contributed by atoms with van der Waals surface area (Å²) >= 11 is 0. The predicted molar refractivity (Wildman–Crippen MR) is 151 cm³/mol. The van der Waals surface area contributed by atoms with Gasteiger partial charge in [0, 0.05) is 25.0 Å². The van der Waals surface area contributed by atoms with Crippen molar-refractivity contribution in [2.75, 3.05) is 33.3 Å². The Kier molecular flexibility index (Phi) is 7.82. The third-order valence-electron chi connectivity index (χ3n) is 8.13. The van der Waals surface area contributed by atoms with Crippen molar-refractivity contribution in [2.24, 2.45) is 5.92 Å². The normalized spacial score (nSPS) is 20.3. The molecule has 0 heterocycles. The standard InChI is InChI=1S/C32H37NO6/c1-20-29(37-3)14-24(15-30(20)38-4)28-10-9-26(33-32(31(34)35)16-21(17-32)18-36-2)11-25(28)19-39-27-12-22-7-5-6-8-23(22)13-27/h5-11,14-15,21,27,33H,12-13,16-19H2,1-4H3,(H,34,35)/t21-,32-. The molecule has 0 atom stereocenters. The van der Waals surface area contributed by atoms with Crippen molar-refractivity contribution < 1.29 is 28.8 Å². The molecule has 1 fully saturated rings. The summed E-state index contributed by atoms with van der Waals surface area (Å²) in [5.74, 6) is 0.881. The number of hydrogen-bond acceptors (Lipinski definition) is 6. The molecule has 3 aromatic rings. The first-order valence-electron chi connectivity index (χ1n) is 13.4. The SMILES string of the molecule is COC[C@H]1C[C@@](Nc2ccc(-c3cc(OC)c(C)c(OC)c3)c(COC3Cc4ccccc4C3)c2)(C(=O)O)C1. The van der Waals surface area contributed by atoms with Crippen molar-refractivity contribution >= 4 is 11.7 Å². The second-order valence-corrected chi connectivity index (χ2v) is 10.7. The third-order valence-corrected chi connectivity index (χ3v) is 8.13. The Bertz CT molecular complexity index is 1300. The van der Waals surface area contributed by atoms with Crippen LogP contribution in [0.2, 0.25) is 0 Å². The van der Waals surface area contributed by atoms with Crippen LogP contribution >= 0.6 is 0 Å². The number of rotatable bonds is 11. The van der Waals surface area contributed by atoms with Crippen LogP contribution in [0, 0.1) is 12.8 Å². The fraction of sp³-hybridized carbons (Fsp3) is 0.406. The second kappa shape index (κ2) is 11.3. The summed E-state index contributed by atoms with van der Waals surface area (Å²) in [5.41, 5.74) is 6.28. The van der Waals surface area contributed by atoms with Gasteiger partial charge in [-0.05, 0) is 90.6 Å². The fourth-order valence-electron chi connectivity index (χ4n) is 6.04. The van der Waals surface area contributed by atoms with Gasteiger partial charge in [0.25, 0.3) is 0 Å².